The predicted molar refractivity (Wildman–Crippen MR) is 144 cm³/mol. The van der Waals surface area contributed by atoms with E-state index in [1.807, 2.05) is 34.6 Å². The highest BCUT2D eigenvalue weighted by Crippen LogP contribution is 2.30. The van der Waals surface area contributed by atoms with Gasteiger partial charge in [0.2, 0.25) is 11.8 Å². The first-order chi connectivity index (χ1) is 17.6. The van der Waals surface area contributed by atoms with Gasteiger partial charge in [0.1, 0.15) is 23.5 Å². The lowest BCUT2D eigenvalue weighted by atomic mass is 9.87. The normalized spacial score (nSPS) is 18.4. The van der Waals surface area contributed by atoms with E-state index in [1.165, 1.54) is 14.2 Å². The lowest BCUT2D eigenvalue weighted by molar-refractivity contribution is -0.146. The average Bonchev–Trinajstić information content (AvgIpc) is 3.36. The quantitative estimate of drug-likeness (QED) is 0.355. The minimum atomic E-state index is -1.05. The topological polar surface area (TPSA) is 139 Å². The molecule has 1 saturated heterocycles. The summed E-state index contributed by atoms with van der Waals surface area (Å²) in [6.45, 7) is 9.63. The second-order valence-electron chi connectivity index (χ2n) is 11.6. The molecule has 10 nitrogen and oxygen atoms in total. The Bertz CT molecular complexity index is 1230. The van der Waals surface area contributed by atoms with E-state index in [4.69, 9.17) is 21.1 Å². The molecule has 0 bridgehead atoms. The van der Waals surface area contributed by atoms with Gasteiger partial charge in [0.25, 0.3) is 5.91 Å². The third-order valence-electron chi connectivity index (χ3n) is 6.48. The zero-order valence-corrected chi connectivity index (χ0v) is 23.7. The minimum Gasteiger partial charge on any atom is -0.497 e. The Labute approximate surface area is 227 Å². The number of hydrogen-bond acceptors (Lipinski definition) is 6. The number of carbonyl (C=O) groups is 4. The molecule has 11 heteroatoms. The molecular weight excluding hydrogens is 512 g/mol. The number of esters is 1. The van der Waals surface area contributed by atoms with Crippen LogP contribution in [0.1, 0.15) is 64.4 Å². The summed E-state index contributed by atoms with van der Waals surface area (Å²) < 4.78 is 10.1. The van der Waals surface area contributed by atoms with Gasteiger partial charge in [-0.1, -0.05) is 32.4 Å². The molecule has 1 aliphatic rings. The number of rotatable bonds is 9. The van der Waals surface area contributed by atoms with E-state index in [9.17, 15) is 19.2 Å². The molecule has 3 amide bonds. The molecular formula is C27H37ClN4O6. The number of benzene rings is 1. The molecule has 208 valence electrons. The summed E-state index contributed by atoms with van der Waals surface area (Å²) >= 11 is 6.32. The van der Waals surface area contributed by atoms with Crippen molar-refractivity contribution in [1.29, 1.82) is 0 Å². The van der Waals surface area contributed by atoms with E-state index in [1.54, 1.807) is 18.2 Å². The Balaban J connectivity index is 1.81. The van der Waals surface area contributed by atoms with E-state index >= 15 is 0 Å². The number of amides is 3. The molecule has 2 aromatic rings. The third kappa shape index (κ3) is 7.18. The molecule has 2 heterocycles. The summed E-state index contributed by atoms with van der Waals surface area (Å²) in [5.74, 6) is -1.79. The SMILES string of the molecule is COC(=O)C(CC1CC(C)(C)NC1=O)NC(=O)C(CC(C)(C)C)NC(=O)c1cc2cc(OC)cc(Cl)c2[nH]1. The lowest BCUT2D eigenvalue weighted by Gasteiger charge is -2.28. The maximum absolute atomic E-state index is 13.4. The fraction of sp³-hybridized carbons (Fsp3) is 0.556. The van der Waals surface area contributed by atoms with Crippen molar-refractivity contribution in [2.45, 2.75) is 71.5 Å². The van der Waals surface area contributed by atoms with Gasteiger partial charge in [0.05, 0.1) is 24.8 Å². The minimum absolute atomic E-state index is 0.0895. The van der Waals surface area contributed by atoms with Crippen LogP contribution < -0.4 is 20.7 Å². The van der Waals surface area contributed by atoms with Crippen molar-refractivity contribution in [1.82, 2.24) is 20.9 Å². The third-order valence-corrected chi connectivity index (χ3v) is 6.78. The van der Waals surface area contributed by atoms with Crippen molar-refractivity contribution < 1.29 is 28.7 Å². The van der Waals surface area contributed by atoms with Crippen LogP contribution in [0.5, 0.6) is 5.75 Å². The zero-order valence-electron chi connectivity index (χ0n) is 22.9. The summed E-state index contributed by atoms with van der Waals surface area (Å²) in [5, 5.41) is 9.47. The summed E-state index contributed by atoms with van der Waals surface area (Å²) in [5.41, 5.74) is 0.0544. The summed E-state index contributed by atoms with van der Waals surface area (Å²) in [6, 6.07) is 3.00. The van der Waals surface area contributed by atoms with E-state index in [0.717, 1.165) is 0 Å². The Morgan fingerprint density at radius 3 is 2.37 bits per heavy atom. The number of aromatic nitrogens is 1. The molecule has 1 fully saturated rings. The number of hydrogen-bond donors (Lipinski definition) is 4. The van der Waals surface area contributed by atoms with Crippen molar-refractivity contribution in [3.8, 4) is 5.75 Å². The molecule has 4 N–H and O–H groups in total. The van der Waals surface area contributed by atoms with Crippen molar-refractivity contribution in [2.75, 3.05) is 14.2 Å². The number of nitrogens with one attached hydrogen (secondary N) is 4. The maximum atomic E-state index is 13.4. The van der Waals surface area contributed by atoms with Gasteiger partial charge in [-0.05, 0) is 50.7 Å². The second kappa shape index (κ2) is 11.2. The highest BCUT2D eigenvalue weighted by Gasteiger charge is 2.40. The fourth-order valence-electron chi connectivity index (χ4n) is 4.77. The van der Waals surface area contributed by atoms with Gasteiger partial charge < -0.3 is 30.4 Å². The van der Waals surface area contributed by atoms with Crippen LogP contribution in [0.2, 0.25) is 5.02 Å². The first-order valence-electron chi connectivity index (χ1n) is 12.5. The summed E-state index contributed by atoms with van der Waals surface area (Å²) in [7, 11) is 2.75. The Morgan fingerprint density at radius 2 is 1.82 bits per heavy atom. The van der Waals surface area contributed by atoms with Crippen molar-refractivity contribution in [2.24, 2.45) is 11.3 Å². The van der Waals surface area contributed by atoms with Crippen LogP contribution in [0.3, 0.4) is 0 Å². The van der Waals surface area contributed by atoms with Gasteiger partial charge in [-0.15, -0.1) is 0 Å². The van der Waals surface area contributed by atoms with Crippen LogP contribution in [-0.2, 0) is 19.1 Å². The molecule has 3 rings (SSSR count). The van der Waals surface area contributed by atoms with Gasteiger partial charge in [0, 0.05) is 22.9 Å². The first kappa shape index (κ1) is 29.3. The van der Waals surface area contributed by atoms with Crippen molar-refractivity contribution in [3.63, 3.8) is 0 Å². The molecule has 3 unspecified atom stereocenters. The number of methoxy groups -OCH3 is 2. The molecule has 1 aliphatic heterocycles. The molecule has 0 saturated carbocycles. The van der Waals surface area contributed by atoms with Crippen molar-refractivity contribution >= 4 is 46.2 Å². The standard InChI is InChI=1S/C27H37ClN4O6/c1-26(2,3)13-20(31-23(34)18-9-14-8-16(37-6)11-17(28)21(14)29-18)24(35)30-19(25(36)38-7)10-15-12-27(4,5)32-22(15)33/h8-9,11,15,19-20,29H,10,12-13H2,1-7H3,(H,30,35)(H,31,34)(H,32,33). The number of halogens is 1. The smallest absolute Gasteiger partial charge is 0.328 e. The van der Waals surface area contributed by atoms with Gasteiger partial charge in [-0.3, -0.25) is 14.4 Å². The number of fused-ring (bicyclic) bond motifs is 1. The average molecular weight is 549 g/mol. The van der Waals surface area contributed by atoms with Crippen molar-refractivity contribution in [3.05, 3.63) is 28.9 Å². The Hall–Kier alpha value is -3.27. The van der Waals surface area contributed by atoms with E-state index in [0.29, 0.717) is 34.5 Å². The predicted octanol–water partition coefficient (Wildman–Crippen LogP) is 3.33. The molecule has 38 heavy (non-hydrogen) atoms. The molecule has 3 atom stereocenters. The van der Waals surface area contributed by atoms with Crippen LogP contribution >= 0.6 is 11.6 Å². The zero-order chi connectivity index (χ0) is 28.4. The van der Waals surface area contributed by atoms with Gasteiger partial charge in [-0.25, -0.2) is 4.79 Å². The number of ether oxygens (including phenoxy) is 2. The lowest BCUT2D eigenvalue weighted by Crippen LogP contribution is -2.53. The Morgan fingerprint density at radius 1 is 1.13 bits per heavy atom. The van der Waals surface area contributed by atoms with Crippen LogP contribution in [0.4, 0.5) is 0 Å². The molecule has 1 aromatic heterocycles. The van der Waals surface area contributed by atoms with Crippen LogP contribution in [-0.4, -0.2) is 60.5 Å². The summed E-state index contributed by atoms with van der Waals surface area (Å²) in [4.78, 5) is 54.6. The van der Waals surface area contributed by atoms with Crippen LogP contribution in [0.25, 0.3) is 10.9 Å². The first-order valence-corrected chi connectivity index (χ1v) is 12.9. The molecule has 0 aliphatic carbocycles. The van der Waals surface area contributed by atoms with Gasteiger partial charge >= 0.3 is 5.97 Å². The summed E-state index contributed by atoms with van der Waals surface area (Å²) in [6.07, 6.45) is 0.904. The van der Waals surface area contributed by atoms with Gasteiger partial charge in [-0.2, -0.15) is 0 Å². The van der Waals surface area contributed by atoms with E-state index < -0.39 is 41.3 Å². The Kier molecular flexibility index (Phi) is 8.65. The monoisotopic (exact) mass is 548 g/mol. The molecule has 1 aromatic carbocycles. The number of H-pyrrole nitrogens is 1. The van der Waals surface area contributed by atoms with E-state index in [2.05, 4.69) is 20.9 Å². The largest absolute Gasteiger partial charge is 0.497 e. The van der Waals surface area contributed by atoms with E-state index in [-0.39, 0.29) is 23.4 Å². The number of carbonyl (C=O) groups excluding carboxylic acids is 4. The van der Waals surface area contributed by atoms with Crippen LogP contribution in [0, 0.1) is 11.3 Å². The highest BCUT2D eigenvalue weighted by molar-refractivity contribution is 6.35. The fourth-order valence-corrected chi connectivity index (χ4v) is 5.03. The molecule has 0 spiro atoms. The highest BCUT2D eigenvalue weighted by atomic mass is 35.5. The second-order valence-corrected chi connectivity index (χ2v) is 12.0. The molecule has 0 radical (unpaired) electrons. The van der Waals surface area contributed by atoms with Gasteiger partial charge in [0.15, 0.2) is 0 Å². The number of aromatic amines is 1. The van der Waals surface area contributed by atoms with Crippen LogP contribution in [0.15, 0.2) is 18.2 Å². The maximum Gasteiger partial charge on any atom is 0.328 e.